The van der Waals surface area contributed by atoms with E-state index in [-0.39, 0.29) is 17.5 Å². The smallest absolute Gasteiger partial charge is 0.159 e. The number of aliphatic hydroxyl groups excluding tert-OH is 1. The SMILES string of the molecule is CC(C)=CCC(C)C(O)=CC(=O)CCc1ccccc1. The first kappa shape index (κ1) is 16.2. The molecule has 0 aromatic heterocycles. The predicted octanol–water partition coefficient (Wildman–Crippen LogP) is 4.62. The van der Waals surface area contributed by atoms with Crippen LogP contribution in [0.15, 0.2) is 53.8 Å². The monoisotopic (exact) mass is 272 g/mol. The van der Waals surface area contributed by atoms with Gasteiger partial charge in [-0.2, -0.15) is 0 Å². The highest BCUT2D eigenvalue weighted by Crippen LogP contribution is 2.14. The molecule has 0 radical (unpaired) electrons. The van der Waals surface area contributed by atoms with Crippen LogP contribution < -0.4 is 0 Å². The van der Waals surface area contributed by atoms with Gasteiger partial charge in [0.05, 0.1) is 5.76 Å². The molecule has 1 aromatic carbocycles. The summed E-state index contributed by atoms with van der Waals surface area (Å²) < 4.78 is 0. The lowest BCUT2D eigenvalue weighted by Crippen LogP contribution is -2.03. The highest BCUT2D eigenvalue weighted by molar-refractivity contribution is 5.90. The van der Waals surface area contributed by atoms with E-state index in [1.54, 1.807) is 0 Å². The maximum absolute atomic E-state index is 11.8. The number of rotatable bonds is 7. The van der Waals surface area contributed by atoms with Crippen LogP contribution in [0.5, 0.6) is 0 Å². The molecule has 0 saturated carbocycles. The molecule has 1 aromatic rings. The molecule has 108 valence electrons. The Labute approximate surface area is 121 Å². The lowest BCUT2D eigenvalue weighted by molar-refractivity contribution is -0.114. The summed E-state index contributed by atoms with van der Waals surface area (Å²) >= 11 is 0. The van der Waals surface area contributed by atoms with Crippen LogP contribution in [0.2, 0.25) is 0 Å². The zero-order valence-corrected chi connectivity index (χ0v) is 12.6. The summed E-state index contributed by atoms with van der Waals surface area (Å²) in [7, 11) is 0. The van der Waals surface area contributed by atoms with Gasteiger partial charge in [-0.15, -0.1) is 0 Å². The average molecular weight is 272 g/mol. The number of allylic oxidation sites excluding steroid dienone is 4. The van der Waals surface area contributed by atoms with Crippen LogP contribution in [-0.4, -0.2) is 10.9 Å². The van der Waals surface area contributed by atoms with Gasteiger partial charge in [-0.1, -0.05) is 48.9 Å². The van der Waals surface area contributed by atoms with E-state index >= 15 is 0 Å². The molecule has 0 fully saturated rings. The minimum Gasteiger partial charge on any atom is -0.512 e. The Hall–Kier alpha value is -1.83. The van der Waals surface area contributed by atoms with Gasteiger partial charge in [0.2, 0.25) is 0 Å². The van der Waals surface area contributed by atoms with Gasteiger partial charge in [0.25, 0.3) is 0 Å². The highest BCUT2D eigenvalue weighted by Gasteiger charge is 2.08. The number of benzene rings is 1. The van der Waals surface area contributed by atoms with Gasteiger partial charge < -0.3 is 5.11 Å². The minimum absolute atomic E-state index is 0.00873. The van der Waals surface area contributed by atoms with E-state index in [0.29, 0.717) is 12.8 Å². The van der Waals surface area contributed by atoms with E-state index < -0.39 is 0 Å². The molecule has 20 heavy (non-hydrogen) atoms. The van der Waals surface area contributed by atoms with Gasteiger partial charge in [-0.05, 0) is 32.3 Å². The van der Waals surface area contributed by atoms with Crippen molar-refractivity contribution in [1.82, 2.24) is 0 Å². The second kappa shape index (κ2) is 8.36. The van der Waals surface area contributed by atoms with Crippen LogP contribution in [0.25, 0.3) is 0 Å². The van der Waals surface area contributed by atoms with Crippen LogP contribution in [-0.2, 0) is 11.2 Å². The molecular formula is C18H24O2. The summed E-state index contributed by atoms with van der Waals surface area (Å²) in [4.78, 5) is 11.8. The molecule has 0 saturated heterocycles. The molecule has 0 heterocycles. The molecule has 1 unspecified atom stereocenters. The van der Waals surface area contributed by atoms with E-state index in [2.05, 4.69) is 6.08 Å². The molecule has 1 atom stereocenters. The Kier molecular flexibility index (Phi) is 6.78. The first-order valence-electron chi connectivity index (χ1n) is 7.09. The number of carbonyl (C=O) groups excluding carboxylic acids is 1. The summed E-state index contributed by atoms with van der Waals surface area (Å²) in [6.07, 6.45) is 5.36. The van der Waals surface area contributed by atoms with Gasteiger partial charge in [0, 0.05) is 18.4 Å². The Morgan fingerprint density at radius 2 is 1.90 bits per heavy atom. The Balaban J connectivity index is 2.47. The van der Waals surface area contributed by atoms with Crippen molar-refractivity contribution in [2.24, 2.45) is 5.92 Å². The second-order valence-electron chi connectivity index (χ2n) is 5.44. The van der Waals surface area contributed by atoms with Crippen molar-refractivity contribution in [2.45, 2.75) is 40.0 Å². The van der Waals surface area contributed by atoms with Gasteiger partial charge in [0.1, 0.15) is 0 Å². The zero-order valence-electron chi connectivity index (χ0n) is 12.6. The second-order valence-corrected chi connectivity index (χ2v) is 5.44. The summed E-state index contributed by atoms with van der Waals surface area (Å²) in [5.74, 6) is 0.154. The van der Waals surface area contributed by atoms with Crippen LogP contribution in [0, 0.1) is 5.92 Å². The average Bonchev–Trinajstić information content (AvgIpc) is 2.43. The first-order chi connectivity index (χ1) is 9.49. The topological polar surface area (TPSA) is 37.3 Å². The van der Waals surface area contributed by atoms with Crippen molar-refractivity contribution in [3.8, 4) is 0 Å². The molecule has 0 aliphatic rings. The molecule has 0 aliphatic carbocycles. The van der Waals surface area contributed by atoms with Gasteiger partial charge in [-0.3, -0.25) is 4.79 Å². The number of hydrogen-bond acceptors (Lipinski definition) is 2. The fourth-order valence-corrected chi connectivity index (χ4v) is 1.82. The fourth-order valence-electron chi connectivity index (χ4n) is 1.82. The van der Waals surface area contributed by atoms with Crippen LogP contribution >= 0.6 is 0 Å². The number of ketones is 1. The lowest BCUT2D eigenvalue weighted by Gasteiger charge is -2.08. The molecule has 0 bridgehead atoms. The highest BCUT2D eigenvalue weighted by atomic mass is 16.3. The van der Waals surface area contributed by atoms with Crippen LogP contribution in [0.4, 0.5) is 0 Å². The Morgan fingerprint density at radius 3 is 2.50 bits per heavy atom. The standard InChI is InChI=1S/C18H24O2/c1-14(2)9-10-15(3)18(20)13-17(19)12-11-16-7-5-4-6-8-16/h4-9,13,15,20H,10-12H2,1-3H3. The largest absolute Gasteiger partial charge is 0.512 e. The molecular weight excluding hydrogens is 248 g/mol. The van der Waals surface area contributed by atoms with Crippen molar-refractivity contribution in [3.05, 3.63) is 59.4 Å². The minimum atomic E-state index is -0.0181. The maximum atomic E-state index is 11.8. The van der Waals surface area contributed by atoms with Crippen molar-refractivity contribution >= 4 is 5.78 Å². The summed E-state index contributed by atoms with van der Waals surface area (Å²) in [6.45, 7) is 5.98. The molecule has 2 heteroatoms. The number of aliphatic hydroxyl groups is 1. The maximum Gasteiger partial charge on any atom is 0.159 e. The zero-order chi connectivity index (χ0) is 15.0. The molecule has 1 rings (SSSR count). The third kappa shape index (κ3) is 6.37. The van der Waals surface area contributed by atoms with Gasteiger partial charge >= 0.3 is 0 Å². The molecule has 0 amide bonds. The molecule has 1 N–H and O–H groups in total. The normalized spacial score (nSPS) is 12.8. The van der Waals surface area contributed by atoms with Crippen molar-refractivity contribution in [3.63, 3.8) is 0 Å². The van der Waals surface area contributed by atoms with E-state index in [0.717, 1.165) is 12.0 Å². The fraction of sp³-hybridized carbons (Fsp3) is 0.389. The van der Waals surface area contributed by atoms with Crippen molar-refractivity contribution < 1.29 is 9.90 Å². The van der Waals surface area contributed by atoms with Gasteiger partial charge in [0.15, 0.2) is 5.78 Å². The third-order valence-corrected chi connectivity index (χ3v) is 3.20. The molecule has 2 nitrogen and oxygen atoms in total. The first-order valence-corrected chi connectivity index (χ1v) is 7.09. The van der Waals surface area contributed by atoms with Crippen LogP contribution in [0.1, 0.15) is 39.2 Å². The van der Waals surface area contributed by atoms with Crippen LogP contribution in [0.3, 0.4) is 0 Å². The van der Waals surface area contributed by atoms with E-state index in [4.69, 9.17) is 0 Å². The third-order valence-electron chi connectivity index (χ3n) is 3.20. The Bertz CT molecular complexity index is 479. The van der Waals surface area contributed by atoms with Crippen molar-refractivity contribution in [1.29, 1.82) is 0 Å². The number of aryl methyl sites for hydroxylation is 1. The van der Waals surface area contributed by atoms with E-state index in [1.165, 1.54) is 11.6 Å². The van der Waals surface area contributed by atoms with E-state index in [9.17, 15) is 9.90 Å². The number of hydrogen-bond donors (Lipinski definition) is 1. The quantitative estimate of drug-likeness (QED) is 0.446. The van der Waals surface area contributed by atoms with Crippen molar-refractivity contribution in [2.75, 3.05) is 0 Å². The molecule has 0 aliphatic heterocycles. The van der Waals surface area contributed by atoms with E-state index in [1.807, 2.05) is 51.1 Å². The summed E-state index contributed by atoms with van der Waals surface area (Å²) in [5.41, 5.74) is 2.37. The lowest BCUT2D eigenvalue weighted by atomic mass is 10.0. The number of carbonyl (C=O) groups is 1. The van der Waals surface area contributed by atoms with Gasteiger partial charge in [-0.25, -0.2) is 0 Å². The molecule has 0 spiro atoms. The Morgan fingerprint density at radius 1 is 1.25 bits per heavy atom. The summed E-state index contributed by atoms with van der Waals surface area (Å²) in [6, 6.07) is 9.91. The predicted molar refractivity (Wildman–Crippen MR) is 83.7 cm³/mol. The summed E-state index contributed by atoms with van der Waals surface area (Å²) in [5, 5.41) is 9.91.